The van der Waals surface area contributed by atoms with Crippen molar-refractivity contribution in [3.8, 4) is 11.8 Å². The van der Waals surface area contributed by atoms with Crippen LogP contribution in [-0.4, -0.2) is 11.2 Å². The first-order valence-electron chi connectivity index (χ1n) is 5.11. The fourth-order valence-corrected chi connectivity index (χ4v) is 1.97. The number of hydrogen-bond donors (Lipinski definition) is 1. The molecule has 0 amide bonds. The first kappa shape index (κ1) is 10.9. The van der Waals surface area contributed by atoms with Gasteiger partial charge in [-0.15, -0.1) is 11.3 Å². The van der Waals surface area contributed by atoms with Crippen molar-refractivity contribution in [2.75, 3.05) is 0 Å². The van der Waals surface area contributed by atoms with E-state index in [0.29, 0.717) is 6.42 Å². The molecule has 1 unspecified atom stereocenters. The van der Waals surface area contributed by atoms with Gasteiger partial charge in [-0.05, 0) is 17.0 Å². The van der Waals surface area contributed by atoms with Gasteiger partial charge in [0, 0.05) is 6.42 Å². The summed E-state index contributed by atoms with van der Waals surface area (Å²) in [4.78, 5) is 0.993. The highest BCUT2D eigenvalue weighted by Crippen LogP contribution is 2.06. The van der Waals surface area contributed by atoms with Crippen LogP contribution in [0.1, 0.15) is 10.4 Å². The molecular formula is C14H12OS. The summed E-state index contributed by atoms with van der Waals surface area (Å²) in [5.41, 5.74) is 1.11. The van der Waals surface area contributed by atoms with Gasteiger partial charge in [-0.3, -0.25) is 0 Å². The maximum atomic E-state index is 9.73. The fraction of sp³-hybridized carbons (Fsp3) is 0.143. The predicted molar refractivity (Wildman–Crippen MR) is 67.3 cm³/mol. The van der Waals surface area contributed by atoms with Crippen LogP contribution in [0.5, 0.6) is 0 Å². The van der Waals surface area contributed by atoms with Gasteiger partial charge >= 0.3 is 0 Å². The molecule has 80 valence electrons. The maximum Gasteiger partial charge on any atom is 0.119 e. The van der Waals surface area contributed by atoms with Gasteiger partial charge in [0.1, 0.15) is 6.10 Å². The topological polar surface area (TPSA) is 20.2 Å². The van der Waals surface area contributed by atoms with E-state index < -0.39 is 6.10 Å². The summed E-state index contributed by atoms with van der Waals surface area (Å²) < 4.78 is 0. The standard InChI is InChI=1S/C14H12OS/c15-13(8-9-14-7-4-10-16-14)11-12-5-2-1-3-6-12/h1-7,10,13,15H,11H2. The van der Waals surface area contributed by atoms with Gasteiger partial charge in [-0.25, -0.2) is 0 Å². The van der Waals surface area contributed by atoms with Crippen LogP contribution in [0.4, 0.5) is 0 Å². The van der Waals surface area contributed by atoms with Crippen molar-refractivity contribution in [1.29, 1.82) is 0 Å². The van der Waals surface area contributed by atoms with Crippen molar-refractivity contribution in [2.24, 2.45) is 0 Å². The van der Waals surface area contributed by atoms with Gasteiger partial charge in [0.25, 0.3) is 0 Å². The van der Waals surface area contributed by atoms with Gasteiger partial charge in [-0.1, -0.05) is 48.2 Å². The summed E-state index contributed by atoms with van der Waals surface area (Å²) in [5, 5.41) is 11.7. The average Bonchev–Trinajstić information content (AvgIpc) is 2.81. The number of benzene rings is 1. The highest BCUT2D eigenvalue weighted by atomic mass is 32.1. The molecule has 0 aliphatic heterocycles. The Morgan fingerprint density at radius 1 is 1.12 bits per heavy atom. The zero-order valence-electron chi connectivity index (χ0n) is 8.76. The molecule has 0 radical (unpaired) electrons. The van der Waals surface area contributed by atoms with E-state index in [1.54, 1.807) is 11.3 Å². The van der Waals surface area contributed by atoms with Crippen molar-refractivity contribution < 1.29 is 5.11 Å². The summed E-state index contributed by atoms with van der Waals surface area (Å²) in [6.07, 6.45) is -0.0105. The molecule has 1 aromatic carbocycles. The Hall–Kier alpha value is -1.56. The molecule has 2 rings (SSSR count). The van der Waals surface area contributed by atoms with E-state index in [1.165, 1.54) is 0 Å². The lowest BCUT2D eigenvalue weighted by atomic mass is 10.1. The molecule has 16 heavy (non-hydrogen) atoms. The van der Waals surface area contributed by atoms with E-state index in [1.807, 2.05) is 47.8 Å². The van der Waals surface area contributed by atoms with Crippen LogP contribution < -0.4 is 0 Å². The Kier molecular flexibility index (Phi) is 3.76. The molecular weight excluding hydrogens is 216 g/mol. The predicted octanol–water partition coefficient (Wildman–Crippen LogP) is 2.70. The molecule has 1 nitrogen and oxygen atoms in total. The third-order valence-electron chi connectivity index (χ3n) is 2.16. The minimum atomic E-state index is -0.593. The van der Waals surface area contributed by atoms with E-state index in [9.17, 15) is 5.11 Å². The van der Waals surface area contributed by atoms with Crippen molar-refractivity contribution in [3.63, 3.8) is 0 Å². The van der Waals surface area contributed by atoms with Crippen LogP contribution in [0.15, 0.2) is 47.8 Å². The molecule has 0 saturated heterocycles. The van der Waals surface area contributed by atoms with Gasteiger partial charge in [-0.2, -0.15) is 0 Å². The first-order chi connectivity index (χ1) is 7.84. The first-order valence-corrected chi connectivity index (χ1v) is 5.99. The Labute approximate surface area is 99.4 Å². The number of aliphatic hydroxyl groups excluding tert-OH is 1. The third kappa shape index (κ3) is 3.23. The Morgan fingerprint density at radius 2 is 1.94 bits per heavy atom. The summed E-state index contributed by atoms with van der Waals surface area (Å²) in [6.45, 7) is 0. The second kappa shape index (κ2) is 5.50. The Morgan fingerprint density at radius 3 is 2.62 bits per heavy atom. The molecule has 1 atom stereocenters. The quantitative estimate of drug-likeness (QED) is 0.784. The molecule has 0 fully saturated rings. The van der Waals surface area contributed by atoms with Gasteiger partial charge < -0.3 is 5.11 Å². The van der Waals surface area contributed by atoms with Crippen LogP contribution in [-0.2, 0) is 6.42 Å². The molecule has 2 heteroatoms. The SMILES string of the molecule is OC(C#Cc1cccs1)Cc1ccccc1. The van der Waals surface area contributed by atoms with Crippen LogP contribution >= 0.6 is 11.3 Å². The normalized spacial score (nSPS) is 11.6. The summed E-state index contributed by atoms with van der Waals surface area (Å²) in [5.74, 6) is 5.81. The monoisotopic (exact) mass is 228 g/mol. The zero-order valence-corrected chi connectivity index (χ0v) is 9.58. The van der Waals surface area contributed by atoms with Crippen LogP contribution in [0.25, 0.3) is 0 Å². The van der Waals surface area contributed by atoms with E-state index in [0.717, 1.165) is 10.4 Å². The van der Waals surface area contributed by atoms with E-state index >= 15 is 0 Å². The highest BCUT2D eigenvalue weighted by molar-refractivity contribution is 7.10. The largest absolute Gasteiger partial charge is 0.380 e. The Bertz CT molecular complexity index is 476. The summed E-state index contributed by atoms with van der Waals surface area (Å²) in [7, 11) is 0. The second-order valence-electron chi connectivity index (χ2n) is 3.45. The minimum Gasteiger partial charge on any atom is -0.380 e. The summed E-state index contributed by atoms with van der Waals surface area (Å²) in [6, 6.07) is 13.8. The lowest BCUT2D eigenvalue weighted by Gasteiger charge is -2.02. The number of aliphatic hydroxyl groups is 1. The van der Waals surface area contributed by atoms with Crippen molar-refractivity contribution in [1.82, 2.24) is 0 Å². The molecule has 0 spiro atoms. The van der Waals surface area contributed by atoms with E-state index in [-0.39, 0.29) is 0 Å². The smallest absolute Gasteiger partial charge is 0.119 e. The fourth-order valence-electron chi connectivity index (χ4n) is 1.39. The van der Waals surface area contributed by atoms with Crippen molar-refractivity contribution in [3.05, 3.63) is 58.3 Å². The average molecular weight is 228 g/mol. The van der Waals surface area contributed by atoms with Crippen LogP contribution in [0, 0.1) is 11.8 Å². The number of thiophene rings is 1. The van der Waals surface area contributed by atoms with Crippen molar-refractivity contribution in [2.45, 2.75) is 12.5 Å². The minimum absolute atomic E-state index is 0.583. The third-order valence-corrected chi connectivity index (χ3v) is 2.94. The molecule has 0 aliphatic rings. The van der Waals surface area contributed by atoms with E-state index in [2.05, 4.69) is 11.8 Å². The van der Waals surface area contributed by atoms with Crippen molar-refractivity contribution >= 4 is 11.3 Å². The van der Waals surface area contributed by atoms with Gasteiger partial charge in [0.05, 0.1) is 4.88 Å². The lowest BCUT2D eigenvalue weighted by molar-refractivity contribution is 0.233. The van der Waals surface area contributed by atoms with Gasteiger partial charge in [0.15, 0.2) is 0 Å². The second-order valence-corrected chi connectivity index (χ2v) is 4.40. The molecule has 1 N–H and O–H groups in total. The molecule has 1 aromatic heterocycles. The highest BCUT2D eigenvalue weighted by Gasteiger charge is 2.00. The zero-order chi connectivity index (χ0) is 11.2. The Balaban J connectivity index is 1.97. The number of rotatable bonds is 2. The lowest BCUT2D eigenvalue weighted by Crippen LogP contribution is -2.06. The van der Waals surface area contributed by atoms with Crippen LogP contribution in [0.2, 0.25) is 0 Å². The molecule has 0 aliphatic carbocycles. The van der Waals surface area contributed by atoms with E-state index in [4.69, 9.17) is 0 Å². The van der Waals surface area contributed by atoms with Crippen LogP contribution in [0.3, 0.4) is 0 Å². The maximum absolute atomic E-state index is 9.73. The number of hydrogen-bond acceptors (Lipinski definition) is 2. The molecule has 1 heterocycles. The summed E-state index contributed by atoms with van der Waals surface area (Å²) >= 11 is 1.59. The molecule has 0 saturated carbocycles. The van der Waals surface area contributed by atoms with Gasteiger partial charge in [0.2, 0.25) is 0 Å². The molecule has 0 bridgehead atoms. The molecule has 2 aromatic rings.